The molecule has 2 N–H and O–H groups in total. The maximum Gasteiger partial charge on any atom is 0.269 e. The maximum absolute atomic E-state index is 13.2. The number of fused-ring (bicyclic) bond motifs is 5. The molecule has 0 bridgehead atoms. The Morgan fingerprint density at radius 2 is 1.79 bits per heavy atom. The van der Waals surface area contributed by atoms with Crippen molar-refractivity contribution in [2.24, 2.45) is 0 Å². The standard InChI is InChI=1S/C18H13N7O3/c26-14(19-18-20-22-23-21-18)9-24-15-10-5-1-2-6-11(10)17(28)25(15)13-8-4-3-7-12(13)16(24)27/h1-8,15H,9H2,(H2,19,20,21,22,23,26). The Balaban J connectivity index is 1.57. The van der Waals surface area contributed by atoms with Crippen molar-refractivity contribution < 1.29 is 14.4 Å². The fourth-order valence-corrected chi connectivity index (χ4v) is 3.67. The number of nitrogens with zero attached hydrogens (tertiary/aromatic N) is 5. The summed E-state index contributed by atoms with van der Waals surface area (Å²) >= 11 is 0. The van der Waals surface area contributed by atoms with E-state index in [-0.39, 0.29) is 24.3 Å². The first-order valence-corrected chi connectivity index (χ1v) is 8.51. The fourth-order valence-electron chi connectivity index (χ4n) is 3.67. The number of anilines is 2. The molecular weight excluding hydrogens is 362 g/mol. The molecule has 0 fully saturated rings. The van der Waals surface area contributed by atoms with Crippen LogP contribution in [0.25, 0.3) is 0 Å². The van der Waals surface area contributed by atoms with Crippen molar-refractivity contribution in [2.75, 3.05) is 16.8 Å². The van der Waals surface area contributed by atoms with Gasteiger partial charge in [0.15, 0.2) is 0 Å². The molecule has 10 nitrogen and oxygen atoms in total. The molecule has 2 aromatic carbocycles. The van der Waals surface area contributed by atoms with Crippen LogP contribution < -0.4 is 10.2 Å². The van der Waals surface area contributed by atoms with Crippen molar-refractivity contribution >= 4 is 29.4 Å². The molecule has 0 saturated heterocycles. The molecule has 5 rings (SSSR count). The van der Waals surface area contributed by atoms with Crippen LogP contribution in [0.4, 0.5) is 11.6 Å². The summed E-state index contributed by atoms with van der Waals surface area (Å²) in [7, 11) is 0. The first kappa shape index (κ1) is 16.1. The van der Waals surface area contributed by atoms with Gasteiger partial charge in [0.2, 0.25) is 5.91 Å². The molecule has 1 atom stereocenters. The molecule has 3 aromatic rings. The number of benzene rings is 2. The zero-order valence-corrected chi connectivity index (χ0v) is 14.4. The number of para-hydroxylation sites is 1. The van der Waals surface area contributed by atoms with Gasteiger partial charge in [-0.2, -0.15) is 5.21 Å². The Kier molecular flexibility index (Phi) is 3.44. The highest BCUT2D eigenvalue weighted by Crippen LogP contribution is 2.44. The van der Waals surface area contributed by atoms with E-state index in [0.717, 1.165) is 0 Å². The van der Waals surface area contributed by atoms with Crippen LogP contribution in [-0.2, 0) is 4.79 Å². The zero-order chi connectivity index (χ0) is 19.3. The number of carbonyl (C=O) groups excluding carboxylic acids is 3. The first-order valence-electron chi connectivity index (χ1n) is 8.51. The Morgan fingerprint density at radius 3 is 2.57 bits per heavy atom. The minimum atomic E-state index is -0.692. The first-order chi connectivity index (χ1) is 13.6. The van der Waals surface area contributed by atoms with E-state index in [4.69, 9.17) is 0 Å². The van der Waals surface area contributed by atoms with Gasteiger partial charge in [0.05, 0.1) is 11.3 Å². The topological polar surface area (TPSA) is 124 Å². The summed E-state index contributed by atoms with van der Waals surface area (Å²) in [4.78, 5) is 41.6. The average molecular weight is 375 g/mol. The number of aromatic amines is 1. The smallest absolute Gasteiger partial charge is 0.269 e. The third kappa shape index (κ3) is 2.28. The predicted molar refractivity (Wildman–Crippen MR) is 96.3 cm³/mol. The van der Waals surface area contributed by atoms with Crippen molar-refractivity contribution in [2.45, 2.75) is 6.17 Å². The highest BCUT2D eigenvalue weighted by Gasteiger charge is 2.48. The Morgan fingerprint density at radius 1 is 1.04 bits per heavy atom. The molecule has 3 amide bonds. The summed E-state index contributed by atoms with van der Waals surface area (Å²) in [5.41, 5.74) is 2.10. The van der Waals surface area contributed by atoms with Crippen LogP contribution in [0.1, 0.15) is 32.4 Å². The number of rotatable bonds is 3. The molecule has 0 radical (unpaired) electrons. The SMILES string of the molecule is O=C(CN1C(=O)c2ccccc2N2C(=O)c3ccccc3C12)Nc1nn[nH]n1. The van der Waals surface area contributed by atoms with E-state index in [0.29, 0.717) is 22.4 Å². The van der Waals surface area contributed by atoms with Gasteiger partial charge >= 0.3 is 0 Å². The number of amides is 3. The molecule has 1 unspecified atom stereocenters. The van der Waals surface area contributed by atoms with E-state index in [9.17, 15) is 14.4 Å². The second-order valence-corrected chi connectivity index (χ2v) is 6.37. The Bertz CT molecular complexity index is 1110. The highest BCUT2D eigenvalue weighted by atomic mass is 16.2. The van der Waals surface area contributed by atoms with Gasteiger partial charge in [-0.15, -0.1) is 5.10 Å². The molecule has 0 aliphatic carbocycles. The molecule has 138 valence electrons. The number of tetrazole rings is 1. The van der Waals surface area contributed by atoms with E-state index in [1.165, 1.54) is 4.90 Å². The number of hydrogen-bond acceptors (Lipinski definition) is 6. The summed E-state index contributed by atoms with van der Waals surface area (Å²) in [5, 5.41) is 15.4. The van der Waals surface area contributed by atoms with Crippen molar-refractivity contribution in [3.63, 3.8) is 0 Å². The number of aromatic nitrogens is 4. The van der Waals surface area contributed by atoms with Crippen LogP contribution in [0.5, 0.6) is 0 Å². The van der Waals surface area contributed by atoms with Gasteiger partial charge in [0.25, 0.3) is 17.8 Å². The van der Waals surface area contributed by atoms with Gasteiger partial charge in [0.1, 0.15) is 12.7 Å². The summed E-state index contributed by atoms with van der Waals surface area (Å²) in [5.74, 6) is -1.02. The average Bonchev–Trinajstić information content (AvgIpc) is 3.32. The zero-order valence-electron chi connectivity index (χ0n) is 14.4. The predicted octanol–water partition coefficient (Wildman–Crippen LogP) is 0.953. The molecule has 1 aromatic heterocycles. The second kappa shape index (κ2) is 5.98. The maximum atomic E-state index is 13.2. The van der Waals surface area contributed by atoms with Crippen molar-refractivity contribution in [3.8, 4) is 0 Å². The molecule has 2 aliphatic rings. The molecule has 10 heteroatoms. The lowest BCUT2D eigenvalue weighted by molar-refractivity contribution is -0.117. The summed E-state index contributed by atoms with van der Waals surface area (Å²) in [6.45, 7) is -0.273. The van der Waals surface area contributed by atoms with Crippen LogP contribution in [0.2, 0.25) is 0 Å². The number of nitrogens with one attached hydrogen (secondary N) is 2. The quantitative estimate of drug-likeness (QED) is 0.702. The highest BCUT2D eigenvalue weighted by molar-refractivity contribution is 6.17. The van der Waals surface area contributed by atoms with Gasteiger partial charge in [-0.05, 0) is 23.4 Å². The summed E-state index contributed by atoms with van der Waals surface area (Å²) < 4.78 is 0. The molecular formula is C18H13N7O3. The molecule has 28 heavy (non-hydrogen) atoms. The van der Waals surface area contributed by atoms with E-state index in [2.05, 4.69) is 25.9 Å². The lowest BCUT2D eigenvalue weighted by Crippen LogP contribution is -2.50. The van der Waals surface area contributed by atoms with Crippen LogP contribution in [0.3, 0.4) is 0 Å². The van der Waals surface area contributed by atoms with Crippen molar-refractivity contribution in [1.82, 2.24) is 25.5 Å². The second-order valence-electron chi connectivity index (χ2n) is 6.37. The molecule has 2 aliphatic heterocycles. The van der Waals surface area contributed by atoms with Crippen molar-refractivity contribution in [3.05, 3.63) is 65.2 Å². The Labute approximate surface area is 158 Å². The molecule has 0 spiro atoms. The van der Waals surface area contributed by atoms with Crippen LogP contribution in [0, 0.1) is 0 Å². The number of hydrogen-bond donors (Lipinski definition) is 2. The van der Waals surface area contributed by atoms with E-state index >= 15 is 0 Å². The third-order valence-corrected chi connectivity index (χ3v) is 4.79. The summed E-state index contributed by atoms with van der Waals surface area (Å²) in [6, 6.07) is 14.0. The monoisotopic (exact) mass is 375 g/mol. The van der Waals surface area contributed by atoms with E-state index < -0.39 is 12.1 Å². The van der Waals surface area contributed by atoms with E-state index in [1.54, 1.807) is 53.4 Å². The van der Waals surface area contributed by atoms with Gasteiger partial charge in [-0.25, -0.2) is 0 Å². The molecule has 0 saturated carbocycles. The largest absolute Gasteiger partial charge is 0.304 e. The van der Waals surface area contributed by atoms with E-state index in [1.807, 2.05) is 0 Å². The van der Waals surface area contributed by atoms with Crippen LogP contribution in [-0.4, -0.2) is 49.8 Å². The van der Waals surface area contributed by atoms with Crippen LogP contribution >= 0.6 is 0 Å². The lowest BCUT2D eigenvalue weighted by atomic mass is 10.0. The minimum absolute atomic E-state index is 0.00890. The van der Waals surface area contributed by atoms with Crippen LogP contribution in [0.15, 0.2) is 48.5 Å². The fraction of sp³-hybridized carbons (Fsp3) is 0.111. The summed E-state index contributed by atoms with van der Waals surface area (Å²) in [6.07, 6.45) is -0.692. The van der Waals surface area contributed by atoms with Gasteiger partial charge in [-0.1, -0.05) is 35.4 Å². The lowest BCUT2D eigenvalue weighted by Gasteiger charge is -2.40. The normalized spacial score (nSPS) is 17.2. The Hall–Kier alpha value is -4.08. The van der Waals surface area contributed by atoms with Gasteiger partial charge in [0, 0.05) is 11.1 Å². The van der Waals surface area contributed by atoms with Crippen molar-refractivity contribution in [1.29, 1.82) is 0 Å². The minimum Gasteiger partial charge on any atom is -0.304 e. The number of carbonyl (C=O) groups is 3. The third-order valence-electron chi connectivity index (χ3n) is 4.79. The number of H-pyrrole nitrogens is 1. The molecule has 3 heterocycles. The van der Waals surface area contributed by atoms with Gasteiger partial charge < -0.3 is 4.90 Å². The van der Waals surface area contributed by atoms with Gasteiger partial charge in [-0.3, -0.25) is 24.6 Å².